The van der Waals surface area contributed by atoms with Crippen LogP contribution in [0.2, 0.25) is 0 Å². The zero-order chi connectivity index (χ0) is 15.5. The van der Waals surface area contributed by atoms with Gasteiger partial charge in [0.25, 0.3) is 0 Å². The molecule has 0 aliphatic heterocycles. The fourth-order valence-electron chi connectivity index (χ4n) is 2.54. The van der Waals surface area contributed by atoms with Crippen LogP contribution in [0.25, 0.3) is 11.1 Å². The summed E-state index contributed by atoms with van der Waals surface area (Å²) < 4.78 is 7.00. The van der Waals surface area contributed by atoms with Crippen molar-refractivity contribution in [2.24, 2.45) is 0 Å². The van der Waals surface area contributed by atoms with Crippen LogP contribution < -0.4 is 5.76 Å². The number of nitrogens with zero attached hydrogens (tertiary/aromatic N) is 2. The highest BCUT2D eigenvalue weighted by Gasteiger charge is 2.15. The fraction of sp³-hybridized carbons (Fsp3) is 0.278. The van der Waals surface area contributed by atoms with Crippen LogP contribution in [0.3, 0.4) is 0 Å². The molecule has 3 rings (SSSR count). The summed E-state index contributed by atoms with van der Waals surface area (Å²) in [6, 6.07) is 18.1. The predicted octanol–water partition coefficient (Wildman–Crippen LogP) is 3.46. The van der Waals surface area contributed by atoms with Crippen LogP contribution in [-0.2, 0) is 13.2 Å². The van der Waals surface area contributed by atoms with Crippen molar-refractivity contribution in [2.45, 2.75) is 33.1 Å². The molecule has 0 amide bonds. The lowest BCUT2D eigenvalue weighted by Crippen LogP contribution is -2.35. The summed E-state index contributed by atoms with van der Waals surface area (Å²) in [4.78, 5) is 14.4. The fourth-order valence-corrected chi connectivity index (χ4v) is 2.54. The number of benzene rings is 2. The molecule has 1 heterocycles. The van der Waals surface area contributed by atoms with E-state index in [0.29, 0.717) is 18.3 Å². The number of hydrogen-bond acceptors (Lipinski definition) is 3. The molecule has 4 nitrogen and oxygen atoms in total. The lowest BCUT2D eigenvalue weighted by atomic mass is 10.2. The predicted molar refractivity (Wildman–Crippen MR) is 87.6 cm³/mol. The average molecular weight is 296 g/mol. The van der Waals surface area contributed by atoms with Crippen molar-refractivity contribution in [3.63, 3.8) is 0 Å². The Morgan fingerprint density at radius 3 is 2.45 bits per heavy atom. The molecule has 22 heavy (non-hydrogen) atoms. The minimum Gasteiger partial charge on any atom is -0.408 e. The first kappa shape index (κ1) is 14.6. The van der Waals surface area contributed by atoms with Gasteiger partial charge < -0.3 is 4.42 Å². The third kappa shape index (κ3) is 2.97. The molecule has 0 radical (unpaired) electrons. The summed E-state index contributed by atoms with van der Waals surface area (Å²) >= 11 is 0. The molecule has 0 N–H and O–H groups in total. The molecule has 0 saturated carbocycles. The van der Waals surface area contributed by atoms with Crippen molar-refractivity contribution in [1.29, 1.82) is 0 Å². The van der Waals surface area contributed by atoms with E-state index < -0.39 is 0 Å². The molecule has 3 aromatic rings. The Kier molecular flexibility index (Phi) is 4.11. The van der Waals surface area contributed by atoms with E-state index in [9.17, 15) is 4.79 Å². The van der Waals surface area contributed by atoms with E-state index in [1.54, 1.807) is 4.57 Å². The smallest absolute Gasteiger partial charge is 0.408 e. The van der Waals surface area contributed by atoms with Crippen molar-refractivity contribution in [3.05, 3.63) is 70.7 Å². The largest absolute Gasteiger partial charge is 0.421 e. The number of oxazole rings is 1. The first-order valence-corrected chi connectivity index (χ1v) is 7.51. The molecule has 0 aliphatic carbocycles. The maximum atomic E-state index is 12.1. The van der Waals surface area contributed by atoms with Gasteiger partial charge in [-0.25, -0.2) is 4.79 Å². The summed E-state index contributed by atoms with van der Waals surface area (Å²) in [6.45, 7) is 5.58. The Labute approximate surface area is 129 Å². The van der Waals surface area contributed by atoms with Crippen LogP contribution >= 0.6 is 0 Å². The highest BCUT2D eigenvalue weighted by molar-refractivity contribution is 5.72. The van der Waals surface area contributed by atoms with Crippen molar-refractivity contribution >= 4 is 11.1 Å². The van der Waals surface area contributed by atoms with E-state index >= 15 is 0 Å². The minimum atomic E-state index is -0.306. The first-order chi connectivity index (χ1) is 10.6. The average Bonchev–Trinajstić information content (AvgIpc) is 2.83. The zero-order valence-electron chi connectivity index (χ0n) is 12.9. The second kappa shape index (κ2) is 6.20. The van der Waals surface area contributed by atoms with E-state index in [-0.39, 0.29) is 5.76 Å². The van der Waals surface area contributed by atoms with Gasteiger partial charge in [-0.05, 0) is 31.5 Å². The van der Waals surface area contributed by atoms with Crippen molar-refractivity contribution in [1.82, 2.24) is 9.47 Å². The third-order valence-electron chi connectivity index (χ3n) is 3.86. The van der Waals surface area contributed by atoms with Crippen molar-refractivity contribution in [2.75, 3.05) is 0 Å². The molecule has 0 spiro atoms. The van der Waals surface area contributed by atoms with Gasteiger partial charge in [0.05, 0.1) is 12.2 Å². The minimum absolute atomic E-state index is 0.306. The SMILES string of the molecule is CC(C)N(Cc1ccccc1)Cn1c(=O)oc2ccccc21. The van der Waals surface area contributed by atoms with Gasteiger partial charge in [0.15, 0.2) is 5.58 Å². The van der Waals surface area contributed by atoms with Crippen molar-refractivity contribution in [3.8, 4) is 0 Å². The zero-order valence-corrected chi connectivity index (χ0v) is 12.9. The molecule has 1 aromatic heterocycles. The van der Waals surface area contributed by atoms with Gasteiger partial charge in [0, 0.05) is 12.6 Å². The van der Waals surface area contributed by atoms with Gasteiger partial charge in [-0.15, -0.1) is 0 Å². The second-order valence-electron chi connectivity index (χ2n) is 5.73. The Balaban J connectivity index is 1.90. The molecular weight excluding hydrogens is 276 g/mol. The molecule has 0 bridgehead atoms. The molecule has 0 aliphatic rings. The van der Waals surface area contributed by atoms with E-state index in [4.69, 9.17) is 4.42 Å². The highest BCUT2D eigenvalue weighted by atomic mass is 16.4. The Morgan fingerprint density at radius 1 is 1.05 bits per heavy atom. The molecule has 4 heteroatoms. The number of fused-ring (bicyclic) bond motifs is 1. The first-order valence-electron chi connectivity index (χ1n) is 7.51. The summed E-state index contributed by atoms with van der Waals surface area (Å²) in [5.41, 5.74) is 2.71. The van der Waals surface area contributed by atoms with E-state index in [0.717, 1.165) is 12.1 Å². The summed E-state index contributed by atoms with van der Waals surface area (Å²) in [7, 11) is 0. The number of aromatic nitrogens is 1. The van der Waals surface area contributed by atoms with Gasteiger partial charge in [-0.1, -0.05) is 42.5 Å². The normalized spacial score (nSPS) is 11.6. The second-order valence-corrected chi connectivity index (χ2v) is 5.73. The quantitative estimate of drug-likeness (QED) is 0.723. The van der Waals surface area contributed by atoms with E-state index in [1.807, 2.05) is 42.5 Å². The lowest BCUT2D eigenvalue weighted by Gasteiger charge is -2.26. The lowest BCUT2D eigenvalue weighted by molar-refractivity contribution is 0.160. The maximum Gasteiger partial charge on any atom is 0.421 e. The molecule has 0 saturated heterocycles. The Bertz CT molecular complexity index is 803. The maximum absolute atomic E-state index is 12.1. The van der Waals surface area contributed by atoms with Gasteiger partial charge in [-0.2, -0.15) is 0 Å². The van der Waals surface area contributed by atoms with E-state index in [2.05, 4.69) is 30.9 Å². The third-order valence-corrected chi connectivity index (χ3v) is 3.86. The Morgan fingerprint density at radius 2 is 1.73 bits per heavy atom. The van der Waals surface area contributed by atoms with Gasteiger partial charge in [0.1, 0.15) is 0 Å². The van der Waals surface area contributed by atoms with Crippen LogP contribution in [0, 0.1) is 0 Å². The van der Waals surface area contributed by atoms with Gasteiger partial charge in [-0.3, -0.25) is 9.47 Å². The summed E-state index contributed by atoms with van der Waals surface area (Å²) in [6.07, 6.45) is 0. The standard InChI is InChI=1S/C18H20N2O2/c1-14(2)19(12-15-8-4-3-5-9-15)13-20-16-10-6-7-11-17(16)22-18(20)21/h3-11,14H,12-13H2,1-2H3. The summed E-state index contributed by atoms with van der Waals surface area (Å²) in [5, 5.41) is 0. The van der Waals surface area contributed by atoms with E-state index in [1.165, 1.54) is 5.56 Å². The topological polar surface area (TPSA) is 38.4 Å². The van der Waals surface area contributed by atoms with Crippen LogP contribution in [0.1, 0.15) is 19.4 Å². The number of hydrogen-bond donors (Lipinski definition) is 0. The molecule has 0 atom stereocenters. The van der Waals surface area contributed by atoms with Crippen LogP contribution in [-0.4, -0.2) is 15.5 Å². The van der Waals surface area contributed by atoms with Crippen LogP contribution in [0.5, 0.6) is 0 Å². The number of para-hydroxylation sites is 2. The molecule has 0 unspecified atom stereocenters. The monoisotopic (exact) mass is 296 g/mol. The van der Waals surface area contributed by atoms with Crippen LogP contribution in [0.15, 0.2) is 63.8 Å². The molecule has 114 valence electrons. The van der Waals surface area contributed by atoms with Crippen molar-refractivity contribution < 1.29 is 4.42 Å². The Hall–Kier alpha value is -2.33. The van der Waals surface area contributed by atoms with Crippen LogP contribution in [0.4, 0.5) is 0 Å². The van der Waals surface area contributed by atoms with Gasteiger partial charge >= 0.3 is 5.76 Å². The van der Waals surface area contributed by atoms with Gasteiger partial charge in [0.2, 0.25) is 0 Å². The highest BCUT2D eigenvalue weighted by Crippen LogP contribution is 2.15. The number of rotatable bonds is 5. The summed E-state index contributed by atoms with van der Waals surface area (Å²) in [5.74, 6) is -0.306. The molecular formula is C18H20N2O2. The molecule has 0 fully saturated rings. The molecule has 2 aromatic carbocycles.